The quantitative estimate of drug-likeness (QED) is 0.819. The van der Waals surface area contributed by atoms with E-state index < -0.39 is 0 Å². The summed E-state index contributed by atoms with van der Waals surface area (Å²) in [6.45, 7) is 8.14. The molecule has 0 fully saturated rings. The average Bonchev–Trinajstić information content (AvgIpc) is 2.49. The number of amides is 1. The summed E-state index contributed by atoms with van der Waals surface area (Å²) < 4.78 is 5.32. The Kier molecular flexibility index (Phi) is 5.09. The van der Waals surface area contributed by atoms with Crippen LogP contribution in [0.15, 0.2) is 12.1 Å². The van der Waals surface area contributed by atoms with Crippen molar-refractivity contribution in [2.45, 2.75) is 58.5 Å². The van der Waals surface area contributed by atoms with E-state index in [4.69, 9.17) is 4.74 Å². The molecule has 0 aromatic heterocycles. The summed E-state index contributed by atoms with van der Waals surface area (Å²) in [6, 6.07) is 3.32. The number of ketones is 1. The number of ether oxygens (including phenoxy) is 1. The number of fused-ring (bicyclic) bond motifs is 1. The molecule has 5 nitrogen and oxygen atoms in total. The van der Waals surface area contributed by atoms with E-state index in [2.05, 4.69) is 10.6 Å². The van der Waals surface area contributed by atoms with Crippen LogP contribution >= 0.6 is 0 Å². The van der Waals surface area contributed by atoms with E-state index in [1.807, 2.05) is 33.8 Å². The van der Waals surface area contributed by atoms with Gasteiger partial charge in [0.05, 0.1) is 18.8 Å². The van der Waals surface area contributed by atoms with Crippen LogP contribution in [-0.4, -0.2) is 30.4 Å². The summed E-state index contributed by atoms with van der Waals surface area (Å²) in [5, 5.41) is 6.22. The number of Topliss-reactive ketones (excluding diaryl/α,β-unsaturated/α-hetero) is 1. The number of carbonyl (C=O) groups is 2. The van der Waals surface area contributed by atoms with Crippen LogP contribution in [0, 0.1) is 0 Å². The van der Waals surface area contributed by atoms with Crippen molar-refractivity contribution in [3.63, 3.8) is 0 Å². The van der Waals surface area contributed by atoms with Crippen molar-refractivity contribution in [1.82, 2.24) is 5.32 Å². The lowest BCUT2D eigenvalue weighted by Crippen LogP contribution is -2.47. The summed E-state index contributed by atoms with van der Waals surface area (Å²) in [6.07, 6.45) is 1.67. The third-order valence-electron chi connectivity index (χ3n) is 3.96. The highest BCUT2D eigenvalue weighted by atomic mass is 16.5. The van der Waals surface area contributed by atoms with Crippen molar-refractivity contribution in [3.05, 3.63) is 23.3 Å². The van der Waals surface area contributed by atoms with Gasteiger partial charge < -0.3 is 15.4 Å². The number of hydrogen-bond donors (Lipinski definition) is 2. The first-order valence-corrected chi connectivity index (χ1v) is 8.08. The molecule has 2 N–H and O–H groups in total. The van der Waals surface area contributed by atoms with Gasteiger partial charge in [0.2, 0.25) is 5.91 Å². The first-order chi connectivity index (χ1) is 10.8. The van der Waals surface area contributed by atoms with Crippen LogP contribution in [0.4, 0.5) is 5.69 Å². The van der Waals surface area contributed by atoms with Gasteiger partial charge in [-0.05, 0) is 51.3 Å². The molecule has 1 aromatic rings. The molecule has 1 aromatic carbocycles. The monoisotopic (exact) mass is 318 g/mol. The molecule has 1 aliphatic rings. The zero-order chi connectivity index (χ0) is 17.2. The highest BCUT2D eigenvalue weighted by Gasteiger charge is 2.29. The molecule has 0 saturated heterocycles. The van der Waals surface area contributed by atoms with Crippen molar-refractivity contribution in [2.75, 3.05) is 12.4 Å². The van der Waals surface area contributed by atoms with Crippen LogP contribution in [0.25, 0.3) is 0 Å². The van der Waals surface area contributed by atoms with E-state index in [0.717, 1.165) is 5.56 Å². The lowest BCUT2D eigenvalue weighted by molar-refractivity contribution is -0.116. The Morgan fingerprint density at radius 2 is 2.04 bits per heavy atom. The first kappa shape index (κ1) is 17.5. The van der Waals surface area contributed by atoms with Gasteiger partial charge in [-0.2, -0.15) is 0 Å². The van der Waals surface area contributed by atoms with Gasteiger partial charge in [-0.1, -0.05) is 6.92 Å². The predicted octanol–water partition coefficient (Wildman–Crippen LogP) is 2.93. The average molecular weight is 318 g/mol. The van der Waals surface area contributed by atoms with E-state index in [-0.39, 0.29) is 23.3 Å². The molecule has 2 rings (SSSR count). The van der Waals surface area contributed by atoms with Crippen LogP contribution in [0.5, 0.6) is 5.75 Å². The maximum atomic E-state index is 13.0. The second-order valence-electron chi connectivity index (χ2n) is 6.94. The standard InChI is InChI=1S/C18H26N2O3/c1-6-13(20-18(2,3)4)17(22)12-7-9-14(23-5)16-11(12)8-10-15(21)19-16/h7,9,13,20H,6,8,10H2,1-5H3,(H,19,21). The summed E-state index contributed by atoms with van der Waals surface area (Å²) in [5.74, 6) is 0.624. The lowest BCUT2D eigenvalue weighted by atomic mass is 9.90. The van der Waals surface area contributed by atoms with Crippen LogP contribution < -0.4 is 15.4 Å². The van der Waals surface area contributed by atoms with E-state index >= 15 is 0 Å². The van der Waals surface area contributed by atoms with Gasteiger partial charge >= 0.3 is 0 Å². The molecule has 0 spiro atoms. The zero-order valence-corrected chi connectivity index (χ0v) is 14.6. The molecule has 0 saturated carbocycles. The number of carbonyl (C=O) groups excluding carboxylic acids is 2. The fourth-order valence-electron chi connectivity index (χ4n) is 2.93. The maximum absolute atomic E-state index is 13.0. The minimum absolute atomic E-state index is 0.0414. The molecule has 1 heterocycles. The van der Waals surface area contributed by atoms with Crippen LogP contribution in [0.2, 0.25) is 0 Å². The Balaban J connectivity index is 2.41. The summed E-state index contributed by atoms with van der Waals surface area (Å²) in [5.41, 5.74) is 2.05. The van der Waals surface area contributed by atoms with Crippen molar-refractivity contribution >= 4 is 17.4 Å². The predicted molar refractivity (Wildman–Crippen MR) is 91.2 cm³/mol. The SMILES string of the molecule is CCC(NC(C)(C)C)C(=O)c1ccc(OC)c2c1CCC(=O)N2. The van der Waals surface area contributed by atoms with E-state index in [1.165, 1.54) is 0 Å². The Hall–Kier alpha value is -1.88. The normalized spacial score (nSPS) is 15.6. The Labute approximate surface area is 137 Å². The zero-order valence-electron chi connectivity index (χ0n) is 14.6. The largest absolute Gasteiger partial charge is 0.495 e. The van der Waals surface area contributed by atoms with E-state index in [1.54, 1.807) is 13.2 Å². The molecule has 1 amide bonds. The van der Waals surface area contributed by atoms with E-state index in [0.29, 0.717) is 36.3 Å². The maximum Gasteiger partial charge on any atom is 0.224 e. The van der Waals surface area contributed by atoms with E-state index in [9.17, 15) is 9.59 Å². The highest BCUT2D eigenvalue weighted by molar-refractivity contribution is 6.05. The molecule has 1 unspecified atom stereocenters. The van der Waals surface area contributed by atoms with Gasteiger partial charge in [-0.25, -0.2) is 0 Å². The van der Waals surface area contributed by atoms with Gasteiger partial charge in [0.1, 0.15) is 5.75 Å². The highest BCUT2D eigenvalue weighted by Crippen LogP contribution is 2.35. The van der Waals surface area contributed by atoms with Crippen LogP contribution in [0.3, 0.4) is 0 Å². The third-order valence-corrected chi connectivity index (χ3v) is 3.96. The molecule has 1 aliphatic heterocycles. The fourth-order valence-corrected chi connectivity index (χ4v) is 2.93. The van der Waals surface area contributed by atoms with Crippen molar-refractivity contribution in [1.29, 1.82) is 0 Å². The summed E-state index contributed by atoms with van der Waals surface area (Å²) in [7, 11) is 1.56. The number of hydrogen-bond acceptors (Lipinski definition) is 4. The number of anilines is 1. The second kappa shape index (κ2) is 6.71. The molecule has 5 heteroatoms. The van der Waals surface area contributed by atoms with Crippen LogP contribution in [-0.2, 0) is 11.2 Å². The second-order valence-corrected chi connectivity index (χ2v) is 6.94. The van der Waals surface area contributed by atoms with Crippen LogP contribution in [0.1, 0.15) is 56.5 Å². The number of benzene rings is 1. The van der Waals surface area contributed by atoms with Gasteiger partial charge in [-0.15, -0.1) is 0 Å². The molecule has 0 bridgehead atoms. The molecule has 1 atom stereocenters. The van der Waals surface area contributed by atoms with Gasteiger partial charge in [-0.3, -0.25) is 9.59 Å². The minimum Gasteiger partial charge on any atom is -0.495 e. The summed E-state index contributed by atoms with van der Waals surface area (Å²) in [4.78, 5) is 24.7. The number of methoxy groups -OCH3 is 1. The minimum atomic E-state index is -0.245. The molecular formula is C18H26N2O3. The number of nitrogens with one attached hydrogen (secondary N) is 2. The molecule has 126 valence electrons. The topological polar surface area (TPSA) is 67.4 Å². The molecule has 0 radical (unpaired) electrons. The van der Waals surface area contributed by atoms with Crippen molar-refractivity contribution in [3.8, 4) is 5.75 Å². The molecule has 23 heavy (non-hydrogen) atoms. The van der Waals surface area contributed by atoms with Crippen molar-refractivity contribution < 1.29 is 14.3 Å². The third kappa shape index (κ3) is 3.91. The summed E-state index contributed by atoms with van der Waals surface area (Å²) >= 11 is 0. The Bertz CT molecular complexity index is 617. The molecule has 0 aliphatic carbocycles. The van der Waals surface area contributed by atoms with Gasteiger partial charge in [0.25, 0.3) is 0 Å². The lowest BCUT2D eigenvalue weighted by Gasteiger charge is -2.28. The van der Waals surface area contributed by atoms with Gasteiger partial charge in [0.15, 0.2) is 5.78 Å². The number of rotatable bonds is 5. The molecular weight excluding hydrogens is 292 g/mol. The first-order valence-electron chi connectivity index (χ1n) is 8.08. The van der Waals surface area contributed by atoms with Gasteiger partial charge in [0, 0.05) is 17.5 Å². The van der Waals surface area contributed by atoms with Crippen molar-refractivity contribution in [2.24, 2.45) is 0 Å². The Morgan fingerprint density at radius 3 is 2.61 bits per heavy atom. The smallest absolute Gasteiger partial charge is 0.224 e. The Morgan fingerprint density at radius 1 is 1.35 bits per heavy atom. The fraction of sp³-hybridized carbons (Fsp3) is 0.556.